The lowest BCUT2D eigenvalue weighted by Crippen LogP contribution is -2.45. The van der Waals surface area contributed by atoms with Gasteiger partial charge in [0.1, 0.15) is 0 Å². The van der Waals surface area contributed by atoms with Crippen molar-refractivity contribution < 1.29 is 8.42 Å². The molecule has 23 heavy (non-hydrogen) atoms. The minimum absolute atomic E-state index is 0. The molecule has 1 heterocycles. The molecule has 5 nitrogen and oxygen atoms in total. The predicted octanol–water partition coefficient (Wildman–Crippen LogP) is 2.13. The summed E-state index contributed by atoms with van der Waals surface area (Å²) in [6.45, 7) is 2.20. The van der Waals surface area contributed by atoms with Crippen molar-refractivity contribution in [2.24, 2.45) is 5.92 Å². The summed E-state index contributed by atoms with van der Waals surface area (Å²) in [5.74, 6) is 0.848. The first-order valence-corrected chi connectivity index (χ1v) is 9.27. The number of nitriles is 1. The molecule has 3 rings (SSSR count). The fraction of sp³-hybridized carbons (Fsp3) is 0.562. The standard InChI is InChI=1S/C16H21N3O2S.ClH/c17-11-13-3-5-16(6-4-13)22(20,21)19-9-7-15(8-10-19)18-12-14-1-2-14;/h3-6,14-15,18H,1-2,7-10,12H2;1H. The Kier molecular flexibility index (Phi) is 6.04. The molecule has 1 aromatic carbocycles. The highest BCUT2D eigenvalue weighted by Crippen LogP contribution is 2.28. The third-order valence-corrected chi connectivity index (χ3v) is 6.38. The van der Waals surface area contributed by atoms with Crippen LogP contribution in [0.15, 0.2) is 29.2 Å². The number of hydrogen-bond donors (Lipinski definition) is 1. The number of nitrogens with zero attached hydrogens (tertiary/aromatic N) is 2. The summed E-state index contributed by atoms with van der Waals surface area (Å²) in [4.78, 5) is 0.274. The van der Waals surface area contributed by atoms with Gasteiger partial charge in [-0.25, -0.2) is 8.42 Å². The Labute approximate surface area is 144 Å². The zero-order valence-corrected chi connectivity index (χ0v) is 14.6. The molecule has 2 aliphatic rings. The first kappa shape index (κ1) is 18.2. The van der Waals surface area contributed by atoms with E-state index in [2.05, 4.69) is 5.32 Å². The fourth-order valence-electron chi connectivity index (χ4n) is 2.81. The molecule has 1 saturated carbocycles. The fourth-order valence-corrected chi connectivity index (χ4v) is 4.28. The number of piperidine rings is 1. The van der Waals surface area contributed by atoms with E-state index in [1.54, 1.807) is 16.4 Å². The molecule has 1 aliphatic carbocycles. The first-order chi connectivity index (χ1) is 10.6. The van der Waals surface area contributed by atoms with E-state index in [9.17, 15) is 8.42 Å². The van der Waals surface area contributed by atoms with Crippen LogP contribution in [0.25, 0.3) is 0 Å². The minimum atomic E-state index is -3.43. The second-order valence-corrected chi connectivity index (χ2v) is 8.10. The maximum Gasteiger partial charge on any atom is 0.243 e. The van der Waals surface area contributed by atoms with Crippen molar-refractivity contribution in [1.82, 2.24) is 9.62 Å². The Balaban J connectivity index is 0.00000192. The van der Waals surface area contributed by atoms with Gasteiger partial charge in [0, 0.05) is 19.1 Å². The van der Waals surface area contributed by atoms with Gasteiger partial charge in [-0.05, 0) is 62.4 Å². The molecule has 1 N–H and O–H groups in total. The van der Waals surface area contributed by atoms with E-state index in [4.69, 9.17) is 5.26 Å². The summed E-state index contributed by atoms with van der Waals surface area (Å²) in [5, 5.41) is 12.3. The normalized spacial score (nSPS) is 19.8. The molecule has 126 valence electrons. The van der Waals surface area contributed by atoms with Crippen molar-refractivity contribution in [3.63, 3.8) is 0 Å². The molecule has 7 heteroatoms. The molecular formula is C16H22ClN3O2S. The smallest absolute Gasteiger partial charge is 0.243 e. The Morgan fingerprint density at radius 3 is 2.26 bits per heavy atom. The van der Waals surface area contributed by atoms with E-state index in [0.717, 1.165) is 25.3 Å². The highest BCUT2D eigenvalue weighted by molar-refractivity contribution is 7.89. The van der Waals surface area contributed by atoms with Gasteiger partial charge in [0.05, 0.1) is 16.5 Å². The second kappa shape index (κ2) is 7.63. The summed E-state index contributed by atoms with van der Waals surface area (Å²) < 4.78 is 26.7. The monoisotopic (exact) mass is 355 g/mol. The third-order valence-electron chi connectivity index (χ3n) is 4.47. The second-order valence-electron chi connectivity index (χ2n) is 6.17. The first-order valence-electron chi connectivity index (χ1n) is 7.83. The molecule has 0 unspecified atom stereocenters. The predicted molar refractivity (Wildman–Crippen MR) is 90.9 cm³/mol. The van der Waals surface area contributed by atoms with Crippen LogP contribution >= 0.6 is 12.4 Å². The molecular weight excluding hydrogens is 334 g/mol. The Bertz CT molecular complexity index is 658. The van der Waals surface area contributed by atoms with Crippen LogP contribution in [-0.2, 0) is 10.0 Å². The third kappa shape index (κ3) is 4.45. The molecule has 0 bridgehead atoms. The summed E-state index contributed by atoms with van der Waals surface area (Å²) in [7, 11) is -3.43. The van der Waals surface area contributed by atoms with Crippen molar-refractivity contribution in [1.29, 1.82) is 5.26 Å². The quantitative estimate of drug-likeness (QED) is 0.878. The molecule has 1 saturated heterocycles. The van der Waals surface area contributed by atoms with E-state index >= 15 is 0 Å². The summed E-state index contributed by atoms with van der Waals surface area (Å²) in [6.07, 6.45) is 4.39. The van der Waals surface area contributed by atoms with Crippen molar-refractivity contribution >= 4 is 22.4 Å². The van der Waals surface area contributed by atoms with Gasteiger partial charge in [-0.3, -0.25) is 0 Å². The summed E-state index contributed by atoms with van der Waals surface area (Å²) in [5.41, 5.74) is 0.474. The lowest BCUT2D eigenvalue weighted by atomic mass is 10.1. The number of rotatable bonds is 5. The number of halogens is 1. The van der Waals surface area contributed by atoms with Crippen LogP contribution in [0.1, 0.15) is 31.2 Å². The zero-order valence-electron chi connectivity index (χ0n) is 12.9. The van der Waals surface area contributed by atoms with Crippen LogP contribution < -0.4 is 5.32 Å². The van der Waals surface area contributed by atoms with Crippen LogP contribution in [0.4, 0.5) is 0 Å². The van der Waals surface area contributed by atoms with Gasteiger partial charge in [-0.1, -0.05) is 0 Å². The molecule has 2 fully saturated rings. The number of nitrogens with one attached hydrogen (secondary N) is 1. The van der Waals surface area contributed by atoms with Crippen LogP contribution in [0.5, 0.6) is 0 Å². The zero-order chi connectivity index (χ0) is 15.6. The maximum absolute atomic E-state index is 12.6. The highest BCUT2D eigenvalue weighted by atomic mass is 35.5. The van der Waals surface area contributed by atoms with E-state index in [1.165, 1.54) is 25.0 Å². The largest absolute Gasteiger partial charge is 0.314 e. The van der Waals surface area contributed by atoms with Crippen molar-refractivity contribution in [3.05, 3.63) is 29.8 Å². The van der Waals surface area contributed by atoms with Crippen LogP contribution in [0.3, 0.4) is 0 Å². The summed E-state index contributed by atoms with van der Waals surface area (Å²) >= 11 is 0. The molecule has 0 atom stereocenters. The van der Waals surface area contributed by atoms with Gasteiger partial charge < -0.3 is 5.32 Å². The molecule has 0 aromatic heterocycles. The van der Waals surface area contributed by atoms with Crippen molar-refractivity contribution in [2.75, 3.05) is 19.6 Å². The van der Waals surface area contributed by atoms with Crippen molar-refractivity contribution in [2.45, 2.75) is 36.6 Å². The van der Waals surface area contributed by atoms with Gasteiger partial charge in [0.15, 0.2) is 0 Å². The average molecular weight is 356 g/mol. The molecule has 1 aliphatic heterocycles. The molecule has 1 aromatic rings. The Hall–Kier alpha value is -1.13. The molecule has 0 spiro atoms. The van der Waals surface area contributed by atoms with Gasteiger partial charge in [0.2, 0.25) is 10.0 Å². The average Bonchev–Trinajstić information content (AvgIpc) is 3.38. The van der Waals surface area contributed by atoms with Gasteiger partial charge in [-0.2, -0.15) is 9.57 Å². The minimum Gasteiger partial charge on any atom is -0.314 e. The van der Waals surface area contributed by atoms with Crippen LogP contribution in [0, 0.1) is 17.2 Å². The Morgan fingerprint density at radius 2 is 1.74 bits per heavy atom. The molecule has 0 amide bonds. The van der Waals surface area contributed by atoms with Gasteiger partial charge >= 0.3 is 0 Å². The molecule has 0 radical (unpaired) electrons. The van der Waals surface area contributed by atoms with E-state index in [1.807, 2.05) is 6.07 Å². The number of benzene rings is 1. The summed E-state index contributed by atoms with van der Waals surface area (Å²) in [6, 6.07) is 8.58. The van der Waals surface area contributed by atoms with E-state index < -0.39 is 10.0 Å². The van der Waals surface area contributed by atoms with Gasteiger partial charge in [0.25, 0.3) is 0 Å². The van der Waals surface area contributed by atoms with Crippen LogP contribution in [0.2, 0.25) is 0 Å². The maximum atomic E-state index is 12.6. The van der Waals surface area contributed by atoms with E-state index in [0.29, 0.717) is 24.7 Å². The van der Waals surface area contributed by atoms with Crippen molar-refractivity contribution in [3.8, 4) is 6.07 Å². The number of hydrogen-bond acceptors (Lipinski definition) is 4. The van der Waals surface area contributed by atoms with E-state index in [-0.39, 0.29) is 17.3 Å². The lowest BCUT2D eigenvalue weighted by Gasteiger charge is -2.31. The number of sulfonamides is 1. The Morgan fingerprint density at radius 1 is 1.13 bits per heavy atom. The highest BCUT2D eigenvalue weighted by Gasteiger charge is 2.30. The lowest BCUT2D eigenvalue weighted by molar-refractivity contribution is 0.288. The van der Waals surface area contributed by atoms with Crippen LogP contribution in [-0.4, -0.2) is 38.4 Å². The SMILES string of the molecule is Cl.N#Cc1ccc(S(=O)(=O)N2CCC(NCC3CC3)CC2)cc1. The topological polar surface area (TPSA) is 73.2 Å². The van der Waals surface area contributed by atoms with Gasteiger partial charge in [-0.15, -0.1) is 12.4 Å².